The maximum atomic E-state index is 13.4. The second kappa shape index (κ2) is 10.1. The van der Waals surface area contributed by atoms with Gasteiger partial charge in [-0.15, -0.1) is 0 Å². The molecule has 1 fully saturated rings. The molecule has 1 aromatic carbocycles. The van der Waals surface area contributed by atoms with Gasteiger partial charge in [-0.05, 0) is 43.7 Å². The van der Waals surface area contributed by atoms with Crippen LogP contribution in [0.4, 0.5) is 5.69 Å². The van der Waals surface area contributed by atoms with E-state index >= 15 is 0 Å². The van der Waals surface area contributed by atoms with E-state index in [4.69, 9.17) is 27.9 Å². The van der Waals surface area contributed by atoms with Crippen LogP contribution in [0.1, 0.15) is 33.3 Å². The number of nitrogens with zero attached hydrogens (tertiary/aromatic N) is 3. The molecule has 0 radical (unpaired) electrons. The number of amides is 2. The number of aromatic nitrogens is 3. The van der Waals surface area contributed by atoms with E-state index < -0.39 is 5.91 Å². The van der Waals surface area contributed by atoms with Crippen molar-refractivity contribution in [3.8, 4) is 5.82 Å². The fraction of sp³-hybridized carbons (Fsp3) is 0.273. The van der Waals surface area contributed by atoms with E-state index in [1.807, 2.05) is 6.92 Å². The van der Waals surface area contributed by atoms with Gasteiger partial charge < -0.3 is 15.4 Å². The average Bonchev–Trinajstić information content (AvgIpc) is 3.17. The largest absolute Gasteiger partial charge is 0.379 e. The molecule has 0 unspecified atom stereocenters. The van der Waals surface area contributed by atoms with Gasteiger partial charge in [-0.25, -0.2) is 9.67 Å². The highest BCUT2D eigenvalue weighted by Gasteiger charge is 2.26. The number of thioether (sulfide) groups is 1. The quantitative estimate of drug-likeness (QED) is 0.494. The van der Waals surface area contributed by atoms with Gasteiger partial charge in [0.25, 0.3) is 11.8 Å². The number of hydrogen-bond donors (Lipinski definition) is 2. The first-order valence-electron chi connectivity index (χ1n) is 10.2. The van der Waals surface area contributed by atoms with Crippen molar-refractivity contribution in [2.75, 3.05) is 25.1 Å². The molecule has 0 aliphatic carbocycles. The van der Waals surface area contributed by atoms with Crippen molar-refractivity contribution >= 4 is 52.5 Å². The van der Waals surface area contributed by atoms with Crippen molar-refractivity contribution in [3.63, 3.8) is 0 Å². The Hall–Kier alpha value is -2.59. The van der Waals surface area contributed by atoms with Crippen LogP contribution in [0.25, 0.3) is 5.82 Å². The molecule has 33 heavy (non-hydrogen) atoms. The third kappa shape index (κ3) is 5.16. The van der Waals surface area contributed by atoms with Crippen LogP contribution in [-0.4, -0.2) is 51.6 Å². The lowest BCUT2D eigenvalue weighted by Crippen LogP contribution is -2.30. The molecule has 0 bridgehead atoms. The molecule has 1 saturated heterocycles. The Kier molecular flexibility index (Phi) is 7.23. The van der Waals surface area contributed by atoms with Crippen LogP contribution >= 0.6 is 35.0 Å². The minimum absolute atomic E-state index is 0.231. The molecule has 3 aromatic rings. The van der Waals surface area contributed by atoms with E-state index in [-0.39, 0.29) is 22.4 Å². The summed E-state index contributed by atoms with van der Waals surface area (Å²) in [7, 11) is 0. The monoisotopic (exact) mass is 505 g/mol. The Morgan fingerprint density at radius 3 is 2.70 bits per heavy atom. The summed E-state index contributed by atoms with van der Waals surface area (Å²) in [6.45, 7) is 5.28. The predicted molar refractivity (Wildman–Crippen MR) is 129 cm³/mol. The first-order valence-corrected chi connectivity index (χ1v) is 11.9. The van der Waals surface area contributed by atoms with Crippen LogP contribution in [0.3, 0.4) is 0 Å². The Morgan fingerprint density at radius 1 is 1.24 bits per heavy atom. The Bertz CT molecular complexity index is 1210. The molecule has 3 heterocycles. The van der Waals surface area contributed by atoms with Crippen LogP contribution in [0, 0.1) is 6.92 Å². The van der Waals surface area contributed by atoms with Gasteiger partial charge >= 0.3 is 0 Å². The number of aryl methyl sites for hydroxylation is 1. The molecule has 4 rings (SSSR count). The van der Waals surface area contributed by atoms with Gasteiger partial charge in [-0.1, -0.05) is 35.0 Å². The number of halogens is 2. The third-order valence-corrected chi connectivity index (χ3v) is 6.43. The summed E-state index contributed by atoms with van der Waals surface area (Å²) in [5.74, 6) is -0.462. The normalized spacial score (nSPS) is 13.5. The number of benzene rings is 1. The molecule has 8 nitrogen and oxygen atoms in total. The van der Waals surface area contributed by atoms with Crippen molar-refractivity contribution in [1.82, 2.24) is 20.1 Å². The van der Waals surface area contributed by atoms with Crippen molar-refractivity contribution in [2.24, 2.45) is 0 Å². The van der Waals surface area contributed by atoms with Gasteiger partial charge in [0.2, 0.25) is 0 Å². The number of anilines is 1. The number of carbonyl (C=O) groups excluding carboxylic acids is 2. The van der Waals surface area contributed by atoms with Gasteiger partial charge in [0, 0.05) is 23.8 Å². The summed E-state index contributed by atoms with van der Waals surface area (Å²) < 4.78 is 6.65. The Labute approximate surface area is 205 Å². The highest BCUT2D eigenvalue weighted by atomic mass is 35.5. The second-order valence-electron chi connectivity index (χ2n) is 7.32. The highest BCUT2D eigenvalue weighted by Crippen LogP contribution is 2.31. The molecule has 1 aliphatic rings. The fourth-order valence-corrected chi connectivity index (χ4v) is 4.70. The van der Waals surface area contributed by atoms with Crippen LogP contribution in [0.15, 0.2) is 41.6 Å². The van der Waals surface area contributed by atoms with Crippen molar-refractivity contribution < 1.29 is 14.3 Å². The topological polar surface area (TPSA) is 98.1 Å². The van der Waals surface area contributed by atoms with Gasteiger partial charge in [0.15, 0.2) is 5.82 Å². The lowest BCUT2D eigenvalue weighted by atomic mass is 10.1. The molecule has 2 amide bonds. The summed E-state index contributed by atoms with van der Waals surface area (Å²) in [4.78, 5) is 30.3. The van der Waals surface area contributed by atoms with E-state index in [0.29, 0.717) is 51.9 Å². The van der Waals surface area contributed by atoms with Crippen LogP contribution in [0.5, 0.6) is 0 Å². The van der Waals surface area contributed by atoms with Gasteiger partial charge in [0.05, 0.1) is 34.7 Å². The first-order chi connectivity index (χ1) is 15.9. The fourth-order valence-electron chi connectivity index (χ4n) is 3.25. The molecule has 2 N–H and O–H groups in total. The predicted octanol–water partition coefficient (Wildman–Crippen LogP) is 4.38. The zero-order valence-electron chi connectivity index (χ0n) is 17.9. The lowest BCUT2D eigenvalue weighted by Gasteiger charge is -2.23. The van der Waals surface area contributed by atoms with E-state index in [1.165, 1.54) is 22.5 Å². The highest BCUT2D eigenvalue weighted by molar-refractivity contribution is 8.00. The molecule has 2 aromatic heterocycles. The van der Waals surface area contributed by atoms with E-state index in [9.17, 15) is 9.59 Å². The molecule has 0 atom stereocenters. The maximum Gasteiger partial charge on any atom is 0.274 e. The summed E-state index contributed by atoms with van der Waals surface area (Å²) in [6, 6.07) is 8.27. The van der Waals surface area contributed by atoms with Crippen molar-refractivity contribution in [2.45, 2.75) is 24.1 Å². The van der Waals surface area contributed by atoms with E-state index in [2.05, 4.69) is 20.7 Å². The number of rotatable bonds is 7. The zero-order chi connectivity index (χ0) is 23.5. The van der Waals surface area contributed by atoms with Crippen LogP contribution in [-0.2, 0) is 4.74 Å². The van der Waals surface area contributed by atoms with Crippen LogP contribution < -0.4 is 10.6 Å². The van der Waals surface area contributed by atoms with Gasteiger partial charge in [-0.2, -0.15) is 5.10 Å². The average molecular weight is 506 g/mol. The standard InChI is InChI=1S/C22H21Cl2N5O3S/c1-3-25-21(30)15-8-13(23)7-12(2)19(15)27-22(31)17-9-18(33-14-10-32-11-14)28-29(17)20-16(24)5-4-6-26-20/h4-9,14H,3,10-11H2,1-2H3,(H,25,30)(H,27,31). The van der Waals surface area contributed by atoms with Crippen molar-refractivity contribution in [3.05, 3.63) is 63.4 Å². The summed E-state index contributed by atoms with van der Waals surface area (Å²) >= 11 is 14.0. The Morgan fingerprint density at radius 2 is 2.03 bits per heavy atom. The van der Waals surface area contributed by atoms with E-state index in [0.717, 1.165) is 0 Å². The second-order valence-corrected chi connectivity index (χ2v) is 9.49. The van der Waals surface area contributed by atoms with Gasteiger partial charge in [-0.3, -0.25) is 9.59 Å². The molecule has 1 aliphatic heterocycles. The summed E-state index contributed by atoms with van der Waals surface area (Å²) in [5.41, 5.74) is 1.53. The number of nitrogens with one attached hydrogen (secondary N) is 2. The number of carbonyl (C=O) groups is 2. The maximum absolute atomic E-state index is 13.4. The first kappa shape index (κ1) is 23.6. The van der Waals surface area contributed by atoms with E-state index in [1.54, 1.807) is 37.4 Å². The minimum atomic E-state index is -0.461. The molecular weight excluding hydrogens is 485 g/mol. The molecular formula is C22H21Cl2N5O3S. The number of hydrogen-bond acceptors (Lipinski definition) is 6. The smallest absolute Gasteiger partial charge is 0.274 e. The SMILES string of the molecule is CCNC(=O)c1cc(Cl)cc(C)c1NC(=O)c1cc(SC2COC2)nn1-c1ncccc1Cl. The third-order valence-electron chi connectivity index (χ3n) is 4.87. The lowest BCUT2D eigenvalue weighted by molar-refractivity contribution is 0.0454. The van der Waals surface area contributed by atoms with Crippen molar-refractivity contribution in [1.29, 1.82) is 0 Å². The molecule has 172 valence electrons. The summed E-state index contributed by atoms with van der Waals surface area (Å²) in [5, 5.41) is 11.8. The summed E-state index contributed by atoms with van der Waals surface area (Å²) in [6.07, 6.45) is 1.58. The number of ether oxygens (including phenoxy) is 1. The van der Waals surface area contributed by atoms with Gasteiger partial charge in [0.1, 0.15) is 10.7 Å². The molecule has 0 spiro atoms. The number of pyridine rings is 1. The minimum Gasteiger partial charge on any atom is -0.379 e. The Balaban J connectivity index is 1.73. The molecule has 0 saturated carbocycles. The van der Waals surface area contributed by atoms with Crippen LogP contribution in [0.2, 0.25) is 10.0 Å². The zero-order valence-corrected chi connectivity index (χ0v) is 20.2. The molecule has 11 heteroatoms.